The standard InChI is InChI=1S/C17H24NO3.NO3/c1-18(2)13-8-9-14(18)11-15(10-13)21-17(20)16(19)12-6-4-3-5-7-12;2-1(3)4/h3-7,13-16,19H,8-11H2,1-2H3;/q+1;-1. The Hall–Kier alpha value is -2.19. The zero-order valence-corrected chi connectivity index (χ0v) is 14.4. The van der Waals surface area contributed by atoms with Crippen LogP contribution >= 0.6 is 0 Å². The van der Waals surface area contributed by atoms with E-state index >= 15 is 0 Å². The third kappa shape index (κ3) is 4.67. The molecule has 0 amide bonds. The summed E-state index contributed by atoms with van der Waals surface area (Å²) in [5.41, 5.74) is 0.595. The van der Waals surface area contributed by atoms with Crippen molar-refractivity contribution in [3.05, 3.63) is 51.2 Å². The summed E-state index contributed by atoms with van der Waals surface area (Å²) in [4.78, 5) is 20.4. The third-order valence-electron chi connectivity index (χ3n) is 5.41. The predicted octanol–water partition coefficient (Wildman–Crippen LogP) is 1.79. The van der Waals surface area contributed by atoms with Crippen LogP contribution in [0.1, 0.15) is 37.4 Å². The SMILES string of the molecule is C[N+]1(C)C2CCC1CC(OC(=O)C(O)c1ccccc1)C2.O=[N+]([O-])[O-]. The normalized spacial score (nSPS) is 27.6. The zero-order valence-electron chi connectivity index (χ0n) is 14.4. The molecule has 3 rings (SSSR count). The van der Waals surface area contributed by atoms with E-state index in [2.05, 4.69) is 14.1 Å². The van der Waals surface area contributed by atoms with Gasteiger partial charge in [0.25, 0.3) is 0 Å². The van der Waals surface area contributed by atoms with Crippen LogP contribution in [-0.2, 0) is 9.53 Å². The molecule has 8 heteroatoms. The number of carbonyl (C=O) groups is 1. The van der Waals surface area contributed by atoms with E-state index in [1.54, 1.807) is 12.1 Å². The molecule has 2 aliphatic rings. The van der Waals surface area contributed by atoms with Gasteiger partial charge in [0.2, 0.25) is 0 Å². The molecule has 2 aliphatic heterocycles. The van der Waals surface area contributed by atoms with E-state index in [9.17, 15) is 9.90 Å². The number of nitrogens with zero attached hydrogens (tertiary/aromatic N) is 2. The van der Waals surface area contributed by atoms with E-state index in [0.717, 1.165) is 17.3 Å². The average molecular weight is 352 g/mol. The fourth-order valence-electron chi connectivity index (χ4n) is 3.93. The van der Waals surface area contributed by atoms with Crippen LogP contribution in [0.5, 0.6) is 0 Å². The number of benzene rings is 1. The number of piperidine rings is 1. The first-order chi connectivity index (χ1) is 11.7. The van der Waals surface area contributed by atoms with Gasteiger partial charge in [-0.15, -0.1) is 0 Å². The molecule has 25 heavy (non-hydrogen) atoms. The molecule has 138 valence electrons. The van der Waals surface area contributed by atoms with Crippen molar-refractivity contribution < 1.29 is 24.2 Å². The summed E-state index contributed by atoms with van der Waals surface area (Å²) in [5.74, 6) is -0.516. The van der Waals surface area contributed by atoms with Gasteiger partial charge in [0.1, 0.15) is 6.10 Å². The van der Waals surface area contributed by atoms with Gasteiger partial charge < -0.3 is 29.6 Å². The Morgan fingerprint density at radius 2 is 1.68 bits per heavy atom. The van der Waals surface area contributed by atoms with Crippen molar-refractivity contribution in [3.8, 4) is 0 Å². The molecule has 0 aliphatic carbocycles. The highest BCUT2D eigenvalue weighted by Crippen LogP contribution is 2.40. The molecule has 3 atom stereocenters. The fourth-order valence-corrected chi connectivity index (χ4v) is 3.93. The topological polar surface area (TPSA) is 113 Å². The van der Waals surface area contributed by atoms with Gasteiger partial charge in [-0.05, 0) is 5.56 Å². The molecule has 3 unspecified atom stereocenters. The first kappa shape index (κ1) is 19.1. The lowest BCUT2D eigenvalue weighted by molar-refractivity contribution is -0.931. The smallest absolute Gasteiger partial charge is 0.339 e. The van der Waals surface area contributed by atoms with E-state index in [1.807, 2.05) is 18.2 Å². The van der Waals surface area contributed by atoms with Crippen LogP contribution in [0.15, 0.2) is 30.3 Å². The van der Waals surface area contributed by atoms with Crippen molar-refractivity contribution in [1.82, 2.24) is 0 Å². The highest BCUT2D eigenvalue weighted by Gasteiger charge is 2.50. The monoisotopic (exact) mass is 352 g/mol. The maximum atomic E-state index is 12.1. The maximum Gasteiger partial charge on any atom is 0.339 e. The second kappa shape index (κ2) is 7.79. The second-order valence-corrected chi connectivity index (χ2v) is 7.08. The molecule has 2 bridgehead atoms. The van der Waals surface area contributed by atoms with E-state index in [0.29, 0.717) is 17.6 Å². The summed E-state index contributed by atoms with van der Waals surface area (Å²) in [6, 6.07) is 10.1. The summed E-state index contributed by atoms with van der Waals surface area (Å²) in [6.07, 6.45) is 3.04. The molecular formula is C17H24N2O6. The summed E-state index contributed by atoms with van der Waals surface area (Å²) in [5, 5.41) is 24.8. The van der Waals surface area contributed by atoms with Crippen molar-refractivity contribution in [2.45, 2.75) is 50.0 Å². The predicted molar refractivity (Wildman–Crippen MR) is 89.8 cm³/mol. The number of fused-ring (bicyclic) bond motifs is 2. The molecule has 1 aromatic carbocycles. The number of ether oxygens (including phenoxy) is 1. The van der Waals surface area contributed by atoms with E-state index in [4.69, 9.17) is 20.1 Å². The van der Waals surface area contributed by atoms with Crippen molar-refractivity contribution in [1.29, 1.82) is 0 Å². The average Bonchev–Trinajstić information content (AvgIpc) is 2.73. The molecule has 0 aromatic heterocycles. The number of carbonyl (C=O) groups excluding carboxylic acids is 1. The van der Waals surface area contributed by atoms with Gasteiger partial charge in [0.05, 0.1) is 31.3 Å². The largest absolute Gasteiger partial charge is 0.460 e. The Kier molecular flexibility index (Phi) is 5.97. The quantitative estimate of drug-likeness (QED) is 0.384. The highest BCUT2D eigenvalue weighted by atomic mass is 16.9. The Morgan fingerprint density at radius 1 is 1.20 bits per heavy atom. The van der Waals surface area contributed by atoms with Crippen LogP contribution in [0.3, 0.4) is 0 Å². The van der Waals surface area contributed by atoms with Gasteiger partial charge in [-0.25, -0.2) is 4.79 Å². The minimum atomic E-state index is -1.75. The van der Waals surface area contributed by atoms with Crippen LogP contribution in [-0.4, -0.2) is 52.9 Å². The molecule has 0 saturated carbocycles. The van der Waals surface area contributed by atoms with Gasteiger partial charge in [-0.2, -0.15) is 0 Å². The molecule has 8 nitrogen and oxygen atoms in total. The van der Waals surface area contributed by atoms with Gasteiger partial charge >= 0.3 is 5.97 Å². The first-order valence-corrected chi connectivity index (χ1v) is 8.30. The highest BCUT2D eigenvalue weighted by molar-refractivity contribution is 5.76. The molecule has 2 fully saturated rings. The van der Waals surface area contributed by atoms with Crippen LogP contribution in [0.4, 0.5) is 0 Å². The lowest BCUT2D eigenvalue weighted by atomic mass is 9.97. The van der Waals surface area contributed by atoms with E-state index in [1.165, 1.54) is 12.8 Å². The van der Waals surface area contributed by atoms with Gasteiger partial charge in [-0.1, -0.05) is 30.3 Å². The molecule has 0 spiro atoms. The van der Waals surface area contributed by atoms with Gasteiger partial charge in [0.15, 0.2) is 6.10 Å². The number of aliphatic hydroxyl groups is 1. The molecule has 2 heterocycles. The molecule has 1 aromatic rings. The number of hydrogen-bond donors (Lipinski definition) is 1. The summed E-state index contributed by atoms with van der Waals surface area (Å²) in [7, 11) is 4.55. The van der Waals surface area contributed by atoms with Crippen molar-refractivity contribution in [3.63, 3.8) is 0 Å². The molecule has 1 N–H and O–H groups in total. The molecule has 0 radical (unpaired) electrons. The number of hydrogen-bond acceptors (Lipinski definition) is 6. The first-order valence-electron chi connectivity index (χ1n) is 8.30. The van der Waals surface area contributed by atoms with Gasteiger partial charge in [-0.3, -0.25) is 0 Å². The zero-order chi connectivity index (χ0) is 18.6. The summed E-state index contributed by atoms with van der Waals surface area (Å²) in [6.45, 7) is 0. The minimum Gasteiger partial charge on any atom is -0.460 e. The number of esters is 1. The van der Waals surface area contributed by atoms with Crippen molar-refractivity contribution >= 4 is 5.97 Å². The fraction of sp³-hybridized carbons (Fsp3) is 0.588. The Bertz CT molecular complexity index is 586. The number of aliphatic hydroxyl groups excluding tert-OH is 1. The lowest BCUT2D eigenvalue weighted by Gasteiger charge is -2.43. The Morgan fingerprint density at radius 3 is 2.16 bits per heavy atom. The molecule has 2 saturated heterocycles. The Balaban J connectivity index is 0.000000511. The van der Waals surface area contributed by atoms with Crippen molar-refractivity contribution in [2.75, 3.05) is 14.1 Å². The van der Waals surface area contributed by atoms with E-state index < -0.39 is 17.2 Å². The van der Waals surface area contributed by atoms with Crippen LogP contribution in [0.2, 0.25) is 0 Å². The number of quaternary nitrogens is 1. The second-order valence-electron chi connectivity index (χ2n) is 7.08. The summed E-state index contributed by atoms with van der Waals surface area (Å²) < 4.78 is 6.63. The summed E-state index contributed by atoms with van der Waals surface area (Å²) >= 11 is 0. The van der Waals surface area contributed by atoms with Crippen LogP contribution in [0.25, 0.3) is 0 Å². The molecular weight excluding hydrogens is 328 g/mol. The third-order valence-corrected chi connectivity index (χ3v) is 5.41. The Labute approximate surface area is 146 Å². The minimum absolute atomic E-state index is 0.0421. The maximum absolute atomic E-state index is 12.1. The number of rotatable bonds is 3. The van der Waals surface area contributed by atoms with Crippen LogP contribution < -0.4 is 0 Å². The van der Waals surface area contributed by atoms with Crippen LogP contribution in [0, 0.1) is 15.3 Å². The van der Waals surface area contributed by atoms with Crippen molar-refractivity contribution in [2.24, 2.45) is 0 Å². The van der Waals surface area contributed by atoms with Gasteiger partial charge in [0, 0.05) is 25.7 Å². The lowest BCUT2D eigenvalue weighted by Crippen LogP contribution is -2.56. The van der Waals surface area contributed by atoms with E-state index in [-0.39, 0.29) is 6.10 Å².